The zero-order chi connectivity index (χ0) is 47.7. The van der Waals surface area contributed by atoms with E-state index in [1.807, 2.05) is 0 Å². The molecule has 66 heavy (non-hydrogen) atoms. The van der Waals surface area contributed by atoms with Crippen molar-refractivity contribution in [1.82, 2.24) is 0 Å². The Balaban J connectivity index is 4.25. The molecule has 0 amide bonds. The molecule has 0 aromatic rings. The fourth-order valence-electron chi connectivity index (χ4n) is 8.56. The highest BCUT2D eigenvalue weighted by atomic mass is 16.6. The molecule has 0 saturated carbocycles. The molecule has 0 N–H and O–H groups in total. The molecular formula is C61H112O5. The molecule has 0 saturated heterocycles. The molecule has 0 fully saturated rings. The first-order chi connectivity index (χ1) is 32.6. The van der Waals surface area contributed by atoms with Gasteiger partial charge in [-0.15, -0.1) is 0 Å². The van der Waals surface area contributed by atoms with Gasteiger partial charge < -0.3 is 14.2 Å². The third-order valence-corrected chi connectivity index (χ3v) is 12.9. The normalized spacial score (nSPS) is 12.5. The van der Waals surface area contributed by atoms with E-state index in [1.165, 1.54) is 205 Å². The van der Waals surface area contributed by atoms with Crippen molar-refractivity contribution in [3.8, 4) is 0 Å². The molecule has 0 spiro atoms. The molecule has 0 heterocycles. The lowest BCUT2D eigenvalue weighted by Gasteiger charge is -2.18. The van der Waals surface area contributed by atoms with E-state index in [2.05, 4.69) is 69.4 Å². The van der Waals surface area contributed by atoms with Gasteiger partial charge in [0.05, 0.1) is 6.61 Å². The summed E-state index contributed by atoms with van der Waals surface area (Å²) in [7, 11) is 0. The number of hydrogen-bond donors (Lipinski definition) is 0. The minimum absolute atomic E-state index is 0.0864. The van der Waals surface area contributed by atoms with Crippen LogP contribution in [0.25, 0.3) is 0 Å². The standard InChI is InChI=1S/C61H112O5/c1-4-7-10-13-16-19-22-25-28-29-30-31-32-35-38-41-44-47-50-53-56-64-57-59(66-61(63)55-52-49-46-43-40-37-34-27-24-21-18-15-12-9-6-3)58-65-60(62)54-51-48-45-42-39-36-33-26-23-20-17-14-11-8-5-2/h7,10,16,19,25,28,30-31,59H,4-6,8-9,11-15,17-18,20-24,26-27,29,32-58H2,1-3H3/b10-7-,19-16-,28-25-,31-30-. The van der Waals surface area contributed by atoms with E-state index in [9.17, 15) is 9.59 Å². The maximum Gasteiger partial charge on any atom is 0.306 e. The fraction of sp³-hybridized carbons (Fsp3) is 0.836. The first-order valence-electron chi connectivity index (χ1n) is 29.2. The van der Waals surface area contributed by atoms with Crippen molar-refractivity contribution < 1.29 is 23.8 Å². The van der Waals surface area contributed by atoms with Gasteiger partial charge in [-0.3, -0.25) is 9.59 Å². The molecule has 0 aliphatic heterocycles. The van der Waals surface area contributed by atoms with Crippen molar-refractivity contribution in [1.29, 1.82) is 0 Å². The molecule has 0 aliphatic rings. The van der Waals surface area contributed by atoms with E-state index in [4.69, 9.17) is 14.2 Å². The Morgan fingerprint density at radius 3 is 1.09 bits per heavy atom. The molecule has 0 aliphatic carbocycles. The Morgan fingerprint density at radius 1 is 0.348 bits per heavy atom. The van der Waals surface area contributed by atoms with Crippen molar-refractivity contribution >= 4 is 11.9 Å². The summed E-state index contributed by atoms with van der Waals surface area (Å²) >= 11 is 0. The van der Waals surface area contributed by atoms with Gasteiger partial charge in [0.15, 0.2) is 6.10 Å². The number of carbonyl (C=O) groups is 2. The van der Waals surface area contributed by atoms with Gasteiger partial charge in [0.2, 0.25) is 0 Å². The molecule has 0 rings (SSSR count). The van der Waals surface area contributed by atoms with Gasteiger partial charge >= 0.3 is 11.9 Å². The predicted octanol–water partition coefficient (Wildman–Crippen LogP) is 19.9. The Labute approximate surface area is 412 Å². The van der Waals surface area contributed by atoms with E-state index < -0.39 is 6.10 Å². The molecule has 0 radical (unpaired) electrons. The van der Waals surface area contributed by atoms with E-state index in [0.29, 0.717) is 19.4 Å². The Hall–Kier alpha value is -2.14. The lowest BCUT2D eigenvalue weighted by Crippen LogP contribution is -2.30. The first kappa shape index (κ1) is 63.9. The molecule has 1 unspecified atom stereocenters. The molecular weight excluding hydrogens is 813 g/mol. The summed E-state index contributed by atoms with van der Waals surface area (Å²) in [6, 6.07) is 0. The highest BCUT2D eigenvalue weighted by Gasteiger charge is 2.17. The zero-order valence-corrected chi connectivity index (χ0v) is 44.5. The second kappa shape index (κ2) is 57.2. The third kappa shape index (κ3) is 54.5. The second-order valence-electron chi connectivity index (χ2n) is 19.5. The van der Waals surface area contributed by atoms with Gasteiger partial charge in [-0.2, -0.15) is 0 Å². The molecule has 5 heteroatoms. The van der Waals surface area contributed by atoms with Crippen LogP contribution >= 0.6 is 0 Å². The number of ether oxygens (including phenoxy) is 3. The Bertz CT molecular complexity index is 1090. The predicted molar refractivity (Wildman–Crippen MR) is 288 cm³/mol. The van der Waals surface area contributed by atoms with Crippen LogP contribution in [-0.4, -0.2) is 37.9 Å². The highest BCUT2D eigenvalue weighted by Crippen LogP contribution is 2.17. The van der Waals surface area contributed by atoms with Crippen LogP contribution in [0.4, 0.5) is 0 Å². The molecule has 0 aromatic heterocycles. The van der Waals surface area contributed by atoms with E-state index in [-0.39, 0.29) is 25.2 Å². The highest BCUT2D eigenvalue weighted by molar-refractivity contribution is 5.70. The summed E-state index contributed by atoms with van der Waals surface area (Å²) < 4.78 is 17.5. The number of rotatable bonds is 54. The summed E-state index contributed by atoms with van der Waals surface area (Å²) in [6.45, 7) is 7.75. The third-order valence-electron chi connectivity index (χ3n) is 12.9. The number of allylic oxidation sites excluding steroid dienone is 8. The fourth-order valence-corrected chi connectivity index (χ4v) is 8.56. The van der Waals surface area contributed by atoms with Crippen LogP contribution in [-0.2, 0) is 23.8 Å². The van der Waals surface area contributed by atoms with Crippen LogP contribution in [0.5, 0.6) is 0 Å². The Morgan fingerprint density at radius 2 is 0.682 bits per heavy atom. The Kier molecular flexibility index (Phi) is 55.3. The molecule has 0 bridgehead atoms. The van der Waals surface area contributed by atoms with E-state index in [1.54, 1.807) is 0 Å². The summed E-state index contributed by atoms with van der Waals surface area (Å²) in [5.74, 6) is -0.384. The van der Waals surface area contributed by atoms with Gasteiger partial charge in [-0.05, 0) is 57.8 Å². The maximum absolute atomic E-state index is 12.9. The lowest BCUT2D eigenvalue weighted by molar-refractivity contribution is -0.163. The minimum atomic E-state index is -0.538. The van der Waals surface area contributed by atoms with Crippen LogP contribution in [0, 0.1) is 0 Å². The molecule has 5 nitrogen and oxygen atoms in total. The van der Waals surface area contributed by atoms with Crippen molar-refractivity contribution in [2.75, 3.05) is 19.8 Å². The van der Waals surface area contributed by atoms with Crippen LogP contribution < -0.4 is 0 Å². The van der Waals surface area contributed by atoms with Crippen LogP contribution in [0.2, 0.25) is 0 Å². The SMILES string of the molecule is CC/C=C\C/C=C\C/C=C\C/C=C\CCCCCCCCCOCC(COC(=O)CCCCCCCCCCCCCCCCC)OC(=O)CCCCCCCCCCCCCCCCC. The van der Waals surface area contributed by atoms with E-state index >= 15 is 0 Å². The first-order valence-corrected chi connectivity index (χ1v) is 29.2. The molecule has 0 aromatic carbocycles. The summed E-state index contributed by atoms with van der Waals surface area (Å²) in [4.78, 5) is 25.5. The summed E-state index contributed by atoms with van der Waals surface area (Å²) in [6.07, 6.45) is 71.3. The average Bonchev–Trinajstić information content (AvgIpc) is 3.32. The number of unbranched alkanes of at least 4 members (excludes halogenated alkanes) is 35. The maximum atomic E-state index is 12.9. The quantitative estimate of drug-likeness (QED) is 0.0345. The van der Waals surface area contributed by atoms with Gasteiger partial charge in [-0.1, -0.05) is 281 Å². The van der Waals surface area contributed by atoms with Gasteiger partial charge in [0.25, 0.3) is 0 Å². The van der Waals surface area contributed by atoms with Crippen molar-refractivity contribution in [3.05, 3.63) is 48.6 Å². The van der Waals surface area contributed by atoms with Crippen molar-refractivity contribution in [3.63, 3.8) is 0 Å². The number of carbonyl (C=O) groups excluding carboxylic acids is 2. The van der Waals surface area contributed by atoms with Crippen molar-refractivity contribution in [2.45, 2.75) is 309 Å². The van der Waals surface area contributed by atoms with Crippen LogP contribution in [0.3, 0.4) is 0 Å². The topological polar surface area (TPSA) is 61.8 Å². The summed E-state index contributed by atoms with van der Waals surface area (Å²) in [5, 5.41) is 0. The van der Waals surface area contributed by atoms with Crippen molar-refractivity contribution in [2.24, 2.45) is 0 Å². The molecule has 1 atom stereocenters. The van der Waals surface area contributed by atoms with Crippen LogP contribution in [0.15, 0.2) is 48.6 Å². The second-order valence-corrected chi connectivity index (χ2v) is 19.5. The monoisotopic (exact) mass is 925 g/mol. The van der Waals surface area contributed by atoms with Gasteiger partial charge in [0.1, 0.15) is 6.61 Å². The largest absolute Gasteiger partial charge is 0.462 e. The smallest absolute Gasteiger partial charge is 0.306 e. The van der Waals surface area contributed by atoms with Gasteiger partial charge in [-0.25, -0.2) is 0 Å². The molecule has 386 valence electrons. The van der Waals surface area contributed by atoms with Gasteiger partial charge in [0, 0.05) is 19.4 Å². The van der Waals surface area contributed by atoms with Crippen LogP contribution in [0.1, 0.15) is 303 Å². The minimum Gasteiger partial charge on any atom is -0.462 e. The number of hydrogen-bond acceptors (Lipinski definition) is 5. The average molecular weight is 926 g/mol. The number of esters is 2. The lowest BCUT2D eigenvalue weighted by atomic mass is 10.0. The van der Waals surface area contributed by atoms with E-state index in [0.717, 1.165) is 64.2 Å². The summed E-state index contributed by atoms with van der Waals surface area (Å²) in [5.41, 5.74) is 0. The zero-order valence-electron chi connectivity index (χ0n) is 44.5.